The maximum Gasteiger partial charge on any atom is 0.223 e. The van der Waals surface area contributed by atoms with Gasteiger partial charge in [-0.2, -0.15) is 0 Å². The molecule has 0 saturated carbocycles. The second kappa shape index (κ2) is 8.62. The molecule has 1 heterocycles. The van der Waals surface area contributed by atoms with Crippen LogP contribution in [0.5, 0.6) is 0 Å². The Bertz CT molecular complexity index is 513. The van der Waals surface area contributed by atoms with Crippen molar-refractivity contribution in [1.82, 2.24) is 10.2 Å². The van der Waals surface area contributed by atoms with Gasteiger partial charge >= 0.3 is 0 Å². The van der Waals surface area contributed by atoms with Gasteiger partial charge in [-0.25, -0.2) is 4.39 Å². The summed E-state index contributed by atoms with van der Waals surface area (Å²) >= 11 is 6.07. The van der Waals surface area contributed by atoms with Crippen LogP contribution in [0, 0.1) is 11.7 Å². The Morgan fingerprint density at radius 2 is 2.17 bits per heavy atom. The zero-order chi connectivity index (χ0) is 16.8. The van der Waals surface area contributed by atoms with Crippen LogP contribution in [0.2, 0.25) is 5.02 Å². The Morgan fingerprint density at radius 1 is 1.48 bits per heavy atom. The first-order valence-electron chi connectivity index (χ1n) is 7.95. The number of halogens is 2. The van der Waals surface area contributed by atoms with E-state index in [1.807, 2.05) is 6.92 Å². The van der Waals surface area contributed by atoms with Crippen molar-refractivity contribution in [1.29, 1.82) is 0 Å². The van der Waals surface area contributed by atoms with Gasteiger partial charge in [0.15, 0.2) is 0 Å². The Labute approximate surface area is 141 Å². The van der Waals surface area contributed by atoms with E-state index in [0.29, 0.717) is 23.7 Å². The van der Waals surface area contributed by atoms with Crippen molar-refractivity contribution in [2.75, 3.05) is 26.8 Å². The monoisotopic (exact) mass is 342 g/mol. The van der Waals surface area contributed by atoms with E-state index >= 15 is 0 Å². The van der Waals surface area contributed by atoms with Crippen molar-refractivity contribution in [3.8, 4) is 0 Å². The van der Waals surface area contributed by atoms with Gasteiger partial charge in [-0.05, 0) is 45.0 Å². The summed E-state index contributed by atoms with van der Waals surface area (Å²) in [5.74, 6) is -0.175. The molecule has 1 atom stereocenters. The van der Waals surface area contributed by atoms with Crippen molar-refractivity contribution in [2.24, 2.45) is 5.92 Å². The summed E-state index contributed by atoms with van der Waals surface area (Å²) in [5.41, 5.74) is 0.533. The second-order valence-corrected chi connectivity index (χ2v) is 6.52. The summed E-state index contributed by atoms with van der Waals surface area (Å²) < 4.78 is 18.9. The highest BCUT2D eigenvalue weighted by Gasteiger charge is 2.26. The van der Waals surface area contributed by atoms with Gasteiger partial charge in [0.05, 0.1) is 6.61 Å². The molecule has 0 radical (unpaired) electrons. The molecule has 0 unspecified atom stereocenters. The number of piperidine rings is 1. The number of amides is 1. The van der Waals surface area contributed by atoms with Crippen molar-refractivity contribution >= 4 is 17.5 Å². The fraction of sp³-hybridized carbons (Fsp3) is 0.588. The Hall–Kier alpha value is -1.17. The largest absolute Gasteiger partial charge is 0.383 e. The van der Waals surface area contributed by atoms with E-state index < -0.39 is 0 Å². The number of hydrogen-bond donors (Lipinski definition) is 1. The molecule has 128 valence electrons. The Kier molecular flexibility index (Phi) is 6.81. The fourth-order valence-electron chi connectivity index (χ4n) is 2.91. The number of carbonyl (C=O) groups excluding carboxylic acids is 1. The number of methoxy groups -OCH3 is 1. The zero-order valence-corrected chi connectivity index (χ0v) is 14.4. The third-order valence-corrected chi connectivity index (χ3v) is 4.56. The number of benzene rings is 1. The molecule has 1 aromatic carbocycles. The number of nitrogens with zero attached hydrogens (tertiary/aromatic N) is 1. The molecule has 23 heavy (non-hydrogen) atoms. The Morgan fingerprint density at radius 3 is 2.78 bits per heavy atom. The SMILES string of the molecule is COC[C@@H](C)NC(=O)C1CCN(Cc2c(F)cccc2Cl)CC1. The van der Waals surface area contributed by atoms with E-state index in [4.69, 9.17) is 16.3 Å². The smallest absolute Gasteiger partial charge is 0.223 e. The van der Waals surface area contributed by atoms with Gasteiger partial charge in [0, 0.05) is 36.2 Å². The maximum absolute atomic E-state index is 13.8. The Balaban J connectivity index is 1.83. The van der Waals surface area contributed by atoms with Crippen molar-refractivity contribution in [3.05, 3.63) is 34.6 Å². The van der Waals surface area contributed by atoms with Crippen LogP contribution in [0.15, 0.2) is 18.2 Å². The molecule has 1 aromatic rings. The molecule has 4 nitrogen and oxygen atoms in total. The molecule has 1 amide bonds. The summed E-state index contributed by atoms with van der Waals surface area (Å²) in [6, 6.07) is 4.76. The predicted molar refractivity (Wildman–Crippen MR) is 88.9 cm³/mol. The van der Waals surface area contributed by atoms with Crippen LogP contribution < -0.4 is 5.32 Å². The molecule has 0 aliphatic carbocycles. The number of rotatable bonds is 6. The fourth-order valence-corrected chi connectivity index (χ4v) is 3.14. The summed E-state index contributed by atoms with van der Waals surface area (Å²) in [4.78, 5) is 14.3. The predicted octanol–water partition coefficient (Wildman–Crippen LogP) is 2.84. The van der Waals surface area contributed by atoms with Crippen molar-refractivity contribution in [2.45, 2.75) is 32.4 Å². The zero-order valence-electron chi connectivity index (χ0n) is 13.6. The topological polar surface area (TPSA) is 41.6 Å². The average Bonchev–Trinajstić information content (AvgIpc) is 2.52. The molecule has 1 N–H and O–H groups in total. The minimum absolute atomic E-state index is 0.0154. The van der Waals surface area contributed by atoms with Gasteiger partial charge in [-0.15, -0.1) is 0 Å². The summed E-state index contributed by atoms with van der Waals surface area (Å²) in [6.45, 7) is 4.45. The average molecular weight is 343 g/mol. The first-order valence-corrected chi connectivity index (χ1v) is 8.33. The van der Waals surface area contributed by atoms with E-state index in [0.717, 1.165) is 25.9 Å². The summed E-state index contributed by atoms with van der Waals surface area (Å²) in [7, 11) is 1.62. The molecular weight excluding hydrogens is 319 g/mol. The molecule has 0 aromatic heterocycles. The van der Waals surface area contributed by atoms with Crippen LogP contribution in [-0.4, -0.2) is 43.7 Å². The van der Waals surface area contributed by atoms with E-state index in [9.17, 15) is 9.18 Å². The molecule has 1 aliphatic heterocycles. The van der Waals surface area contributed by atoms with Crippen LogP contribution in [0.3, 0.4) is 0 Å². The maximum atomic E-state index is 13.8. The van der Waals surface area contributed by atoms with Crippen molar-refractivity contribution in [3.63, 3.8) is 0 Å². The minimum Gasteiger partial charge on any atom is -0.383 e. The first-order chi connectivity index (χ1) is 11.0. The molecule has 1 fully saturated rings. The number of nitrogens with one attached hydrogen (secondary N) is 1. The molecule has 2 rings (SSSR count). The van der Waals surface area contributed by atoms with Crippen LogP contribution in [0.1, 0.15) is 25.3 Å². The van der Waals surface area contributed by atoms with E-state index in [2.05, 4.69) is 10.2 Å². The number of ether oxygens (including phenoxy) is 1. The summed E-state index contributed by atoms with van der Waals surface area (Å²) in [6.07, 6.45) is 1.55. The van der Waals surface area contributed by atoms with E-state index in [1.165, 1.54) is 6.07 Å². The number of hydrogen-bond acceptors (Lipinski definition) is 3. The third kappa shape index (κ3) is 5.16. The van der Waals surface area contributed by atoms with Gasteiger partial charge in [0.1, 0.15) is 5.82 Å². The van der Waals surface area contributed by atoms with Gasteiger partial charge in [0.2, 0.25) is 5.91 Å². The van der Waals surface area contributed by atoms with Gasteiger partial charge < -0.3 is 10.1 Å². The lowest BCUT2D eigenvalue weighted by Crippen LogP contribution is -2.44. The molecular formula is C17H24ClFN2O2. The van der Waals surface area contributed by atoms with Crippen LogP contribution in [0.25, 0.3) is 0 Å². The van der Waals surface area contributed by atoms with Crippen LogP contribution in [0.4, 0.5) is 4.39 Å². The van der Waals surface area contributed by atoms with Crippen LogP contribution >= 0.6 is 11.6 Å². The molecule has 6 heteroatoms. The lowest BCUT2D eigenvalue weighted by Gasteiger charge is -2.32. The molecule has 0 spiro atoms. The first kappa shape index (κ1) is 18.2. The molecule has 1 saturated heterocycles. The lowest BCUT2D eigenvalue weighted by atomic mass is 9.95. The standard InChI is InChI=1S/C17H24ClFN2O2/c1-12(11-23-2)20-17(22)13-6-8-21(9-7-13)10-14-15(18)4-3-5-16(14)19/h3-5,12-13H,6-11H2,1-2H3,(H,20,22)/t12-/m1/s1. The van der Waals surface area contributed by atoms with Crippen molar-refractivity contribution < 1.29 is 13.9 Å². The van der Waals surface area contributed by atoms with Gasteiger partial charge in [-0.1, -0.05) is 17.7 Å². The lowest BCUT2D eigenvalue weighted by molar-refractivity contribution is -0.127. The minimum atomic E-state index is -0.272. The highest BCUT2D eigenvalue weighted by Crippen LogP contribution is 2.24. The normalized spacial score (nSPS) is 17.9. The highest BCUT2D eigenvalue weighted by molar-refractivity contribution is 6.31. The number of carbonyl (C=O) groups is 1. The molecule has 0 bridgehead atoms. The highest BCUT2D eigenvalue weighted by atomic mass is 35.5. The van der Waals surface area contributed by atoms with Crippen LogP contribution in [-0.2, 0) is 16.1 Å². The van der Waals surface area contributed by atoms with Gasteiger partial charge in [-0.3, -0.25) is 9.69 Å². The summed E-state index contributed by atoms with van der Waals surface area (Å²) in [5, 5.41) is 3.43. The van der Waals surface area contributed by atoms with E-state index in [-0.39, 0.29) is 23.7 Å². The quantitative estimate of drug-likeness (QED) is 0.864. The molecule has 1 aliphatic rings. The third-order valence-electron chi connectivity index (χ3n) is 4.21. The van der Waals surface area contributed by atoms with Gasteiger partial charge in [0.25, 0.3) is 0 Å². The number of likely N-dealkylation sites (tertiary alicyclic amines) is 1. The van der Waals surface area contributed by atoms with E-state index in [1.54, 1.807) is 19.2 Å². The second-order valence-electron chi connectivity index (χ2n) is 6.12.